The summed E-state index contributed by atoms with van der Waals surface area (Å²) in [5.41, 5.74) is 0. The molecule has 0 radical (unpaired) electrons. The SMILES string of the molecule is CN1CC[C@H](NC[C@@H]2CC=CCC2)C1. The van der Waals surface area contributed by atoms with E-state index < -0.39 is 0 Å². The molecule has 1 heterocycles. The first-order valence-electron chi connectivity index (χ1n) is 5.91. The van der Waals surface area contributed by atoms with Gasteiger partial charge in [-0.25, -0.2) is 0 Å². The molecule has 0 amide bonds. The summed E-state index contributed by atoms with van der Waals surface area (Å²) in [6.07, 6.45) is 9.95. The summed E-state index contributed by atoms with van der Waals surface area (Å²) < 4.78 is 0. The number of hydrogen-bond donors (Lipinski definition) is 1. The lowest BCUT2D eigenvalue weighted by atomic mass is 9.94. The van der Waals surface area contributed by atoms with Crippen LogP contribution in [0, 0.1) is 5.92 Å². The minimum absolute atomic E-state index is 0.755. The zero-order valence-electron chi connectivity index (χ0n) is 9.21. The first-order chi connectivity index (χ1) is 6.84. The molecule has 0 aromatic carbocycles. The molecule has 2 rings (SSSR count). The molecular formula is C12H22N2. The van der Waals surface area contributed by atoms with Crippen LogP contribution in [0.2, 0.25) is 0 Å². The highest BCUT2D eigenvalue weighted by Crippen LogP contribution is 2.17. The van der Waals surface area contributed by atoms with Gasteiger partial charge >= 0.3 is 0 Å². The van der Waals surface area contributed by atoms with Gasteiger partial charge in [0.05, 0.1) is 0 Å². The number of likely N-dealkylation sites (tertiary alicyclic amines) is 1. The van der Waals surface area contributed by atoms with Crippen LogP contribution in [0.1, 0.15) is 25.7 Å². The molecule has 80 valence electrons. The lowest BCUT2D eigenvalue weighted by Gasteiger charge is -2.21. The Hall–Kier alpha value is -0.340. The molecule has 0 saturated carbocycles. The van der Waals surface area contributed by atoms with Crippen molar-refractivity contribution in [3.8, 4) is 0 Å². The maximum atomic E-state index is 3.71. The van der Waals surface area contributed by atoms with Crippen LogP contribution in [0.4, 0.5) is 0 Å². The average Bonchev–Trinajstić information content (AvgIpc) is 2.63. The first kappa shape index (κ1) is 10.2. The van der Waals surface area contributed by atoms with Gasteiger partial charge < -0.3 is 10.2 Å². The zero-order valence-corrected chi connectivity index (χ0v) is 9.21. The smallest absolute Gasteiger partial charge is 0.0207 e. The maximum absolute atomic E-state index is 3.71. The van der Waals surface area contributed by atoms with Crippen LogP contribution < -0.4 is 5.32 Å². The number of hydrogen-bond acceptors (Lipinski definition) is 2. The van der Waals surface area contributed by atoms with E-state index in [0.29, 0.717) is 0 Å². The van der Waals surface area contributed by atoms with Crippen LogP contribution in [0.3, 0.4) is 0 Å². The molecule has 14 heavy (non-hydrogen) atoms. The Morgan fingerprint density at radius 1 is 1.36 bits per heavy atom. The second kappa shape index (κ2) is 4.94. The standard InChI is InChI=1S/C12H22N2/c1-14-8-7-12(10-14)13-9-11-5-3-2-4-6-11/h2-3,11-13H,4-10H2,1H3/t11-,12+/m1/s1. The highest BCUT2D eigenvalue weighted by molar-refractivity contribution is 4.91. The monoisotopic (exact) mass is 194 g/mol. The van der Waals surface area contributed by atoms with E-state index in [2.05, 4.69) is 29.4 Å². The number of rotatable bonds is 3. The van der Waals surface area contributed by atoms with Gasteiger partial charge in [0, 0.05) is 12.6 Å². The Kier molecular flexibility index (Phi) is 3.60. The molecule has 0 unspecified atom stereocenters. The fourth-order valence-electron chi connectivity index (χ4n) is 2.48. The van der Waals surface area contributed by atoms with Crippen LogP contribution in [-0.4, -0.2) is 37.6 Å². The molecule has 2 heteroatoms. The van der Waals surface area contributed by atoms with Gasteiger partial charge in [0.15, 0.2) is 0 Å². The van der Waals surface area contributed by atoms with E-state index in [9.17, 15) is 0 Å². The normalized spacial score (nSPS) is 33.8. The molecule has 2 aliphatic rings. The second-order valence-electron chi connectivity index (χ2n) is 4.81. The molecule has 1 aliphatic heterocycles. The number of nitrogens with one attached hydrogen (secondary N) is 1. The first-order valence-corrected chi connectivity index (χ1v) is 5.91. The molecule has 2 atom stereocenters. The topological polar surface area (TPSA) is 15.3 Å². The Bertz CT molecular complexity index is 200. The minimum Gasteiger partial charge on any atom is -0.312 e. The van der Waals surface area contributed by atoms with Crippen LogP contribution in [0.15, 0.2) is 12.2 Å². The summed E-state index contributed by atoms with van der Waals surface area (Å²) in [6.45, 7) is 3.73. The van der Waals surface area contributed by atoms with Crippen LogP contribution in [0.5, 0.6) is 0 Å². The zero-order chi connectivity index (χ0) is 9.80. The van der Waals surface area contributed by atoms with Gasteiger partial charge in [0.2, 0.25) is 0 Å². The van der Waals surface area contributed by atoms with E-state index in [1.165, 1.54) is 45.3 Å². The van der Waals surface area contributed by atoms with Crippen molar-refractivity contribution in [3.05, 3.63) is 12.2 Å². The number of nitrogens with zero attached hydrogens (tertiary/aromatic N) is 1. The van der Waals surface area contributed by atoms with Gasteiger partial charge in [-0.1, -0.05) is 12.2 Å². The highest BCUT2D eigenvalue weighted by atomic mass is 15.2. The third kappa shape index (κ3) is 2.82. The van der Waals surface area contributed by atoms with Crippen molar-refractivity contribution in [2.24, 2.45) is 5.92 Å². The molecule has 0 bridgehead atoms. The quantitative estimate of drug-likeness (QED) is 0.687. The van der Waals surface area contributed by atoms with Gasteiger partial charge in [-0.3, -0.25) is 0 Å². The van der Waals surface area contributed by atoms with Crippen molar-refractivity contribution in [1.29, 1.82) is 0 Å². The predicted molar refractivity (Wildman–Crippen MR) is 60.4 cm³/mol. The van der Waals surface area contributed by atoms with Gasteiger partial charge in [-0.2, -0.15) is 0 Å². The largest absolute Gasteiger partial charge is 0.312 e. The van der Waals surface area contributed by atoms with Gasteiger partial charge in [0.25, 0.3) is 0 Å². The summed E-state index contributed by atoms with van der Waals surface area (Å²) in [4.78, 5) is 2.42. The van der Waals surface area contributed by atoms with E-state index in [1.807, 2.05) is 0 Å². The molecule has 0 spiro atoms. The predicted octanol–water partition coefficient (Wildman–Crippen LogP) is 1.64. The third-order valence-corrected chi connectivity index (χ3v) is 3.46. The highest BCUT2D eigenvalue weighted by Gasteiger charge is 2.19. The van der Waals surface area contributed by atoms with Crippen LogP contribution in [0.25, 0.3) is 0 Å². The molecule has 2 nitrogen and oxygen atoms in total. The fraction of sp³-hybridized carbons (Fsp3) is 0.833. The van der Waals surface area contributed by atoms with Crippen molar-refractivity contribution < 1.29 is 0 Å². The van der Waals surface area contributed by atoms with Gasteiger partial charge in [0.1, 0.15) is 0 Å². The summed E-state index contributed by atoms with van der Waals surface area (Å²) in [7, 11) is 2.21. The summed E-state index contributed by atoms with van der Waals surface area (Å²) >= 11 is 0. The van der Waals surface area contributed by atoms with Crippen molar-refractivity contribution in [2.45, 2.75) is 31.7 Å². The average molecular weight is 194 g/mol. The Labute approximate surface area is 87.4 Å². The molecule has 1 fully saturated rings. The van der Waals surface area contributed by atoms with Gasteiger partial charge in [-0.15, -0.1) is 0 Å². The lowest BCUT2D eigenvalue weighted by Crippen LogP contribution is -2.35. The van der Waals surface area contributed by atoms with Crippen molar-refractivity contribution in [3.63, 3.8) is 0 Å². The Balaban J connectivity index is 1.64. The molecule has 1 N–H and O–H groups in total. The fourth-order valence-corrected chi connectivity index (χ4v) is 2.48. The van der Waals surface area contributed by atoms with E-state index in [0.717, 1.165) is 12.0 Å². The van der Waals surface area contributed by atoms with E-state index >= 15 is 0 Å². The van der Waals surface area contributed by atoms with E-state index in [4.69, 9.17) is 0 Å². The molecular weight excluding hydrogens is 172 g/mol. The van der Waals surface area contributed by atoms with Crippen LogP contribution in [-0.2, 0) is 0 Å². The lowest BCUT2D eigenvalue weighted by molar-refractivity contribution is 0.375. The van der Waals surface area contributed by atoms with E-state index in [1.54, 1.807) is 0 Å². The number of likely N-dealkylation sites (N-methyl/N-ethyl adjacent to an activating group) is 1. The third-order valence-electron chi connectivity index (χ3n) is 3.46. The number of allylic oxidation sites excluding steroid dienone is 2. The van der Waals surface area contributed by atoms with Gasteiger partial charge in [-0.05, 0) is 51.7 Å². The van der Waals surface area contributed by atoms with E-state index in [-0.39, 0.29) is 0 Å². The molecule has 0 aromatic heterocycles. The summed E-state index contributed by atoms with van der Waals surface area (Å²) in [5, 5.41) is 3.71. The van der Waals surface area contributed by atoms with Crippen LogP contribution >= 0.6 is 0 Å². The Morgan fingerprint density at radius 2 is 2.29 bits per heavy atom. The summed E-state index contributed by atoms with van der Waals surface area (Å²) in [5.74, 6) is 0.894. The van der Waals surface area contributed by atoms with Crippen molar-refractivity contribution >= 4 is 0 Å². The molecule has 0 aromatic rings. The molecule has 1 aliphatic carbocycles. The Morgan fingerprint density at radius 3 is 2.93 bits per heavy atom. The van der Waals surface area contributed by atoms with Crippen molar-refractivity contribution in [2.75, 3.05) is 26.7 Å². The van der Waals surface area contributed by atoms with Crippen molar-refractivity contribution in [1.82, 2.24) is 10.2 Å². The summed E-state index contributed by atoms with van der Waals surface area (Å²) in [6, 6.07) is 0.755. The minimum atomic E-state index is 0.755. The second-order valence-corrected chi connectivity index (χ2v) is 4.81. The maximum Gasteiger partial charge on any atom is 0.0207 e. The molecule has 1 saturated heterocycles.